The van der Waals surface area contributed by atoms with Crippen LogP contribution in [0.2, 0.25) is 0 Å². The average Bonchev–Trinajstić information content (AvgIpc) is 2.86. The Labute approximate surface area is 227 Å². The summed E-state index contributed by atoms with van der Waals surface area (Å²) in [5, 5.41) is 20.0. The second kappa shape index (κ2) is 13.2. The zero-order chi connectivity index (χ0) is 27.7. The predicted molar refractivity (Wildman–Crippen MR) is 152 cm³/mol. The number of nitrogens with one attached hydrogen (secondary N) is 3. The van der Waals surface area contributed by atoms with Crippen LogP contribution in [0.3, 0.4) is 0 Å². The molecule has 0 aliphatic carbocycles. The third-order valence-corrected chi connectivity index (χ3v) is 6.29. The number of alkyl carbamates (subject to hydrolysis) is 1. The van der Waals surface area contributed by atoms with Crippen molar-refractivity contribution in [3.8, 4) is 5.75 Å². The van der Waals surface area contributed by atoms with Crippen molar-refractivity contribution in [2.75, 3.05) is 17.3 Å². The number of anilines is 1. The number of carbonyl (C=O) groups excluding carboxylic acids is 3. The van der Waals surface area contributed by atoms with Crippen LogP contribution in [0.1, 0.15) is 32.8 Å². The number of phenolic OH excluding ortho intramolecular Hbond substituents is 1. The van der Waals surface area contributed by atoms with Gasteiger partial charge in [0.25, 0.3) is 0 Å². The van der Waals surface area contributed by atoms with Gasteiger partial charge in [0.15, 0.2) is 0 Å². The molecule has 3 aromatic rings. The minimum atomic E-state index is -1.00. The van der Waals surface area contributed by atoms with Gasteiger partial charge in [0.2, 0.25) is 11.8 Å². The second-order valence-corrected chi connectivity index (χ2v) is 10.9. The van der Waals surface area contributed by atoms with E-state index in [0.717, 1.165) is 16.3 Å². The number of aromatic hydroxyl groups is 1. The molecule has 9 heteroatoms. The number of benzene rings is 3. The monoisotopic (exact) mass is 537 g/mol. The highest BCUT2D eigenvalue weighted by atomic mass is 32.2. The number of amides is 3. The molecule has 0 heterocycles. The maximum Gasteiger partial charge on any atom is 0.408 e. The Hall–Kier alpha value is -3.72. The fourth-order valence-corrected chi connectivity index (χ4v) is 4.27. The quantitative estimate of drug-likeness (QED) is 0.294. The molecule has 0 fully saturated rings. The van der Waals surface area contributed by atoms with Crippen LogP contribution in [0.5, 0.6) is 5.75 Å². The van der Waals surface area contributed by atoms with Gasteiger partial charge in [-0.1, -0.05) is 42.5 Å². The summed E-state index contributed by atoms with van der Waals surface area (Å²) in [6.07, 6.45) is 1.74. The SMILES string of the molecule is CSCC[C@H](NC(=O)[C@H](Cc1ccc(O)cc1)NC(=O)OC(C)(C)C)C(=O)Nc1ccc2ccccc2c1. The lowest BCUT2D eigenvalue weighted by Gasteiger charge is -2.25. The second-order valence-electron chi connectivity index (χ2n) is 9.96. The maximum absolute atomic E-state index is 13.4. The summed E-state index contributed by atoms with van der Waals surface area (Å²) in [5.41, 5.74) is 0.606. The van der Waals surface area contributed by atoms with Gasteiger partial charge in [-0.25, -0.2) is 4.79 Å². The molecular formula is C29H35N3O5S. The van der Waals surface area contributed by atoms with E-state index < -0.39 is 29.7 Å². The number of hydrogen-bond donors (Lipinski definition) is 4. The van der Waals surface area contributed by atoms with Crippen LogP contribution < -0.4 is 16.0 Å². The lowest BCUT2D eigenvalue weighted by molar-refractivity contribution is -0.127. The third kappa shape index (κ3) is 8.99. The number of fused-ring (bicyclic) bond motifs is 1. The molecule has 202 valence electrons. The first-order valence-electron chi connectivity index (χ1n) is 12.4. The Bertz CT molecular complexity index is 1260. The molecule has 0 aliphatic heterocycles. The lowest BCUT2D eigenvalue weighted by atomic mass is 10.0. The van der Waals surface area contributed by atoms with Crippen LogP contribution >= 0.6 is 11.8 Å². The molecule has 0 aliphatic rings. The number of rotatable bonds is 10. The molecule has 0 saturated heterocycles. The van der Waals surface area contributed by atoms with E-state index in [0.29, 0.717) is 17.9 Å². The first-order chi connectivity index (χ1) is 18.0. The summed E-state index contributed by atoms with van der Waals surface area (Å²) in [5.74, 6) is -0.109. The van der Waals surface area contributed by atoms with Crippen LogP contribution in [0.15, 0.2) is 66.7 Å². The highest BCUT2D eigenvalue weighted by molar-refractivity contribution is 7.98. The van der Waals surface area contributed by atoms with Crippen molar-refractivity contribution in [2.45, 2.75) is 51.3 Å². The molecule has 4 N–H and O–H groups in total. The van der Waals surface area contributed by atoms with Crippen LogP contribution in [0, 0.1) is 0 Å². The van der Waals surface area contributed by atoms with E-state index in [1.165, 1.54) is 12.1 Å². The Kier molecular flexibility index (Phi) is 10.0. The van der Waals surface area contributed by atoms with Crippen molar-refractivity contribution >= 4 is 46.1 Å². The summed E-state index contributed by atoms with van der Waals surface area (Å²) in [7, 11) is 0. The van der Waals surface area contributed by atoms with Gasteiger partial charge in [0, 0.05) is 12.1 Å². The van der Waals surface area contributed by atoms with Gasteiger partial charge in [0.05, 0.1) is 0 Å². The third-order valence-electron chi connectivity index (χ3n) is 5.64. The zero-order valence-electron chi connectivity index (χ0n) is 22.1. The molecule has 0 bridgehead atoms. The van der Waals surface area contributed by atoms with Crippen LogP contribution in [-0.2, 0) is 20.7 Å². The molecule has 3 amide bonds. The number of thioether (sulfide) groups is 1. The number of ether oxygens (including phenoxy) is 1. The van der Waals surface area contributed by atoms with Crippen molar-refractivity contribution in [3.63, 3.8) is 0 Å². The van der Waals surface area contributed by atoms with Gasteiger partial charge in [-0.15, -0.1) is 0 Å². The normalized spacial score (nSPS) is 12.8. The highest BCUT2D eigenvalue weighted by Crippen LogP contribution is 2.19. The van der Waals surface area contributed by atoms with Crippen molar-refractivity contribution in [2.24, 2.45) is 0 Å². The Morgan fingerprint density at radius 3 is 2.24 bits per heavy atom. The molecule has 38 heavy (non-hydrogen) atoms. The van der Waals surface area contributed by atoms with Crippen molar-refractivity contribution in [1.82, 2.24) is 10.6 Å². The molecule has 3 aromatic carbocycles. The van der Waals surface area contributed by atoms with E-state index >= 15 is 0 Å². The smallest absolute Gasteiger partial charge is 0.408 e. The highest BCUT2D eigenvalue weighted by Gasteiger charge is 2.28. The van der Waals surface area contributed by atoms with Crippen LogP contribution in [0.4, 0.5) is 10.5 Å². The van der Waals surface area contributed by atoms with E-state index in [9.17, 15) is 19.5 Å². The zero-order valence-corrected chi connectivity index (χ0v) is 22.9. The van der Waals surface area contributed by atoms with Crippen molar-refractivity contribution in [3.05, 3.63) is 72.3 Å². The van der Waals surface area contributed by atoms with E-state index in [1.54, 1.807) is 44.7 Å². The van der Waals surface area contributed by atoms with Gasteiger partial charge < -0.3 is 25.8 Å². The fraction of sp³-hybridized carbons (Fsp3) is 0.345. The van der Waals surface area contributed by atoms with Crippen LogP contribution in [0.25, 0.3) is 10.8 Å². The summed E-state index contributed by atoms with van der Waals surface area (Å²) in [6, 6.07) is 18.0. The molecule has 0 radical (unpaired) electrons. The molecule has 0 saturated carbocycles. The molecule has 0 spiro atoms. The fourth-order valence-electron chi connectivity index (χ4n) is 3.80. The average molecular weight is 538 g/mol. The minimum Gasteiger partial charge on any atom is -0.508 e. The predicted octanol–water partition coefficient (Wildman–Crippen LogP) is 4.86. The molecule has 0 unspecified atom stereocenters. The summed E-state index contributed by atoms with van der Waals surface area (Å²) < 4.78 is 5.35. The molecule has 3 rings (SSSR count). The Balaban J connectivity index is 1.77. The Morgan fingerprint density at radius 2 is 1.58 bits per heavy atom. The van der Waals surface area contributed by atoms with E-state index in [2.05, 4.69) is 16.0 Å². The van der Waals surface area contributed by atoms with Gasteiger partial charge in [-0.3, -0.25) is 9.59 Å². The Morgan fingerprint density at radius 1 is 0.895 bits per heavy atom. The largest absolute Gasteiger partial charge is 0.508 e. The lowest BCUT2D eigenvalue weighted by Crippen LogP contribution is -2.54. The minimum absolute atomic E-state index is 0.0948. The first kappa shape index (κ1) is 28.8. The first-order valence-corrected chi connectivity index (χ1v) is 13.8. The molecule has 2 atom stereocenters. The van der Waals surface area contributed by atoms with Gasteiger partial charge in [-0.05, 0) is 79.8 Å². The topological polar surface area (TPSA) is 117 Å². The molecular weight excluding hydrogens is 502 g/mol. The standard InChI is InChI=1S/C29H35N3O5S/c1-29(2,3)37-28(36)32-25(17-19-9-13-23(33)14-10-19)27(35)31-24(15-16-38-4)26(34)30-22-12-11-20-7-5-6-8-21(20)18-22/h5-14,18,24-25,33H,15-17H2,1-4H3,(H,30,34)(H,31,35)(H,32,36)/t24-,25-/m0/s1. The maximum atomic E-state index is 13.4. The summed E-state index contributed by atoms with van der Waals surface area (Å²) >= 11 is 1.57. The summed E-state index contributed by atoms with van der Waals surface area (Å²) in [6.45, 7) is 5.20. The van der Waals surface area contributed by atoms with Gasteiger partial charge in [0.1, 0.15) is 23.4 Å². The number of hydrogen-bond acceptors (Lipinski definition) is 6. The van der Waals surface area contributed by atoms with Crippen LogP contribution in [-0.4, -0.2) is 52.7 Å². The summed E-state index contributed by atoms with van der Waals surface area (Å²) in [4.78, 5) is 39.2. The molecule has 0 aromatic heterocycles. The number of phenols is 1. The van der Waals surface area contributed by atoms with Crippen molar-refractivity contribution < 1.29 is 24.2 Å². The van der Waals surface area contributed by atoms with E-state index in [1.807, 2.05) is 48.7 Å². The van der Waals surface area contributed by atoms with E-state index in [4.69, 9.17) is 4.74 Å². The van der Waals surface area contributed by atoms with Crippen molar-refractivity contribution in [1.29, 1.82) is 0 Å². The van der Waals surface area contributed by atoms with Gasteiger partial charge >= 0.3 is 6.09 Å². The van der Waals surface area contributed by atoms with E-state index in [-0.39, 0.29) is 18.1 Å². The van der Waals surface area contributed by atoms with Gasteiger partial charge in [-0.2, -0.15) is 11.8 Å². The number of carbonyl (C=O) groups is 3. The molecule has 8 nitrogen and oxygen atoms in total.